The molecule has 0 atom stereocenters. The Bertz CT molecular complexity index is 1740. The first-order valence-electron chi connectivity index (χ1n) is 14.4. The summed E-state index contributed by atoms with van der Waals surface area (Å²) in [5.41, 5.74) is 5.55. The first-order valence-corrected chi connectivity index (χ1v) is 14.8. The number of imidazole rings is 1. The molecule has 5 nitrogen and oxygen atoms in total. The van der Waals surface area contributed by atoms with E-state index in [0.29, 0.717) is 33.8 Å². The highest BCUT2D eigenvalue weighted by Gasteiger charge is 2.24. The van der Waals surface area contributed by atoms with Crippen molar-refractivity contribution in [1.29, 1.82) is 0 Å². The van der Waals surface area contributed by atoms with Crippen LogP contribution >= 0.6 is 11.6 Å². The Kier molecular flexibility index (Phi) is 7.98. The van der Waals surface area contributed by atoms with Crippen molar-refractivity contribution in [3.05, 3.63) is 107 Å². The minimum atomic E-state index is -0.377. The topological polar surface area (TPSA) is 47.4 Å². The zero-order valence-corrected chi connectivity index (χ0v) is 24.6. The average Bonchev–Trinajstić information content (AvgIpc) is 3.39. The molecular weight excluding hydrogens is 549 g/mol. The second-order valence-electron chi connectivity index (χ2n) is 11.1. The first-order chi connectivity index (χ1) is 20.4. The third kappa shape index (κ3) is 5.77. The van der Waals surface area contributed by atoms with Gasteiger partial charge in [-0.15, -0.1) is 0 Å². The van der Waals surface area contributed by atoms with Gasteiger partial charge >= 0.3 is 0 Å². The number of hydrogen-bond acceptors (Lipinski definition) is 3. The van der Waals surface area contributed by atoms with E-state index in [1.807, 2.05) is 60.7 Å². The van der Waals surface area contributed by atoms with E-state index in [9.17, 15) is 4.79 Å². The van der Waals surface area contributed by atoms with Crippen LogP contribution in [-0.4, -0.2) is 34.5 Å². The number of benzene rings is 4. The lowest BCUT2D eigenvalue weighted by molar-refractivity contribution is 0.0827. The molecule has 1 heterocycles. The first kappa shape index (κ1) is 28.0. The van der Waals surface area contributed by atoms with Crippen LogP contribution in [0, 0.1) is 5.82 Å². The molecule has 6 rings (SSSR count). The van der Waals surface area contributed by atoms with Gasteiger partial charge in [0.05, 0.1) is 16.6 Å². The number of amides is 1. The number of rotatable bonds is 7. The number of carbonyl (C=O) groups is 1. The van der Waals surface area contributed by atoms with Gasteiger partial charge in [-0.2, -0.15) is 0 Å². The lowest BCUT2D eigenvalue weighted by atomic mass is 9.95. The largest absolute Gasteiger partial charge is 0.489 e. The van der Waals surface area contributed by atoms with E-state index in [1.165, 1.54) is 25.3 Å². The summed E-state index contributed by atoms with van der Waals surface area (Å²) in [6, 6.07) is 26.5. The lowest BCUT2D eigenvalue weighted by Gasteiger charge is -2.25. The lowest BCUT2D eigenvalue weighted by Crippen LogP contribution is -2.22. The van der Waals surface area contributed by atoms with Crippen molar-refractivity contribution in [2.45, 2.75) is 44.8 Å². The Balaban J connectivity index is 1.29. The summed E-state index contributed by atoms with van der Waals surface area (Å²) in [6.07, 6.45) is 5.74. The molecule has 1 aromatic heterocycles. The van der Waals surface area contributed by atoms with Crippen molar-refractivity contribution in [3.8, 4) is 28.3 Å². The number of carbonyl (C=O) groups excluding carboxylic acids is 1. The molecule has 1 aliphatic carbocycles. The number of nitrogens with zero attached hydrogens (tertiary/aromatic N) is 3. The Morgan fingerprint density at radius 2 is 1.71 bits per heavy atom. The van der Waals surface area contributed by atoms with Gasteiger partial charge in [0.15, 0.2) is 0 Å². The van der Waals surface area contributed by atoms with Crippen LogP contribution < -0.4 is 4.74 Å². The normalized spacial score (nSPS) is 13.8. The molecule has 0 spiro atoms. The third-order valence-corrected chi connectivity index (χ3v) is 8.20. The molecule has 1 saturated carbocycles. The summed E-state index contributed by atoms with van der Waals surface area (Å²) >= 11 is 6.09. The van der Waals surface area contributed by atoms with Crippen LogP contribution in [0.1, 0.15) is 54.1 Å². The molecule has 0 bridgehead atoms. The van der Waals surface area contributed by atoms with Crippen molar-refractivity contribution in [2.75, 3.05) is 14.1 Å². The SMILES string of the molecule is CN(C)C(=O)c1cc(COc2ccc(-c3nc4ccccc4n3C3CCCCC3)c(F)c2)cc(-c2ccc(Cl)cc2)c1. The predicted molar refractivity (Wildman–Crippen MR) is 166 cm³/mol. The Morgan fingerprint density at radius 1 is 0.952 bits per heavy atom. The van der Waals surface area contributed by atoms with E-state index >= 15 is 4.39 Å². The fourth-order valence-corrected chi connectivity index (χ4v) is 5.97. The van der Waals surface area contributed by atoms with Gasteiger partial charge in [0, 0.05) is 36.8 Å². The standard InChI is InChI=1S/C35H33ClFN3O2/c1-39(2)35(41)26-19-23(18-25(20-26)24-12-14-27(36)15-13-24)22-42-29-16-17-30(31(37)21-29)34-38-32-10-6-7-11-33(32)40(34)28-8-4-3-5-9-28/h6-7,10-21,28H,3-5,8-9,22H2,1-2H3. The molecular formula is C35H33ClFN3O2. The van der Waals surface area contributed by atoms with Crippen LogP contribution in [0.15, 0.2) is 84.9 Å². The van der Waals surface area contributed by atoms with E-state index in [1.54, 1.807) is 31.1 Å². The smallest absolute Gasteiger partial charge is 0.253 e. The van der Waals surface area contributed by atoms with Crippen LogP contribution in [0.3, 0.4) is 0 Å². The van der Waals surface area contributed by atoms with Crippen LogP contribution in [0.2, 0.25) is 5.02 Å². The molecule has 4 aromatic carbocycles. The Labute approximate surface area is 250 Å². The second kappa shape index (κ2) is 12.0. The molecule has 1 amide bonds. The van der Waals surface area contributed by atoms with Gasteiger partial charge in [-0.05, 0) is 84.1 Å². The second-order valence-corrected chi connectivity index (χ2v) is 11.6. The zero-order valence-electron chi connectivity index (χ0n) is 23.8. The van der Waals surface area contributed by atoms with E-state index in [2.05, 4.69) is 10.6 Å². The maximum atomic E-state index is 15.7. The van der Waals surface area contributed by atoms with Gasteiger partial charge in [0.25, 0.3) is 5.91 Å². The van der Waals surface area contributed by atoms with Crippen LogP contribution in [0.5, 0.6) is 5.75 Å². The van der Waals surface area contributed by atoms with Gasteiger partial charge in [0.2, 0.25) is 0 Å². The number of ether oxygens (including phenoxy) is 1. The minimum Gasteiger partial charge on any atom is -0.489 e. The van der Waals surface area contributed by atoms with Gasteiger partial charge in [-0.1, -0.05) is 55.1 Å². The van der Waals surface area contributed by atoms with Crippen molar-refractivity contribution in [1.82, 2.24) is 14.5 Å². The van der Waals surface area contributed by atoms with Gasteiger partial charge in [0.1, 0.15) is 24.0 Å². The number of hydrogen-bond donors (Lipinski definition) is 0. The van der Waals surface area contributed by atoms with Crippen LogP contribution in [-0.2, 0) is 6.61 Å². The maximum Gasteiger partial charge on any atom is 0.253 e. The molecule has 0 radical (unpaired) electrons. The molecule has 5 aromatic rings. The molecule has 42 heavy (non-hydrogen) atoms. The number of fused-ring (bicyclic) bond motifs is 1. The van der Waals surface area contributed by atoms with E-state index in [0.717, 1.165) is 40.6 Å². The van der Waals surface area contributed by atoms with Crippen molar-refractivity contribution >= 4 is 28.5 Å². The monoisotopic (exact) mass is 581 g/mol. The molecule has 0 aliphatic heterocycles. The number of halogens is 2. The summed E-state index contributed by atoms with van der Waals surface area (Å²) in [7, 11) is 3.45. The Morgan fingerprint density at radius 3 is 2.45 bits per heavy atom. The van der Waals surface area contributed by atoms with Crippen LogP contribution in [0.4, 0.5) is 4.39 Å². The average molecular weight is 582 g/mol. The zero-order chi connectivity index (χ0) is 29.2. The molecule has 1 fully saturated rings. The highest BCUT2D eigenvalue weighted by Crippen LogP contribution is 2.37. The van der Waals surface area contributed by atoms with Crippen molar-refractivity contribution in [2.24, 2.45) is 0 Å². The molecule has 0 N–H and O–H groups in total. The highest BCUT2D eigenvalue weighted by atomic mass is 35.5. The predicted octanol–water partition coefficient (Wildman–Crippen LogP) is 8.95. The summed E-state index contributed by atoms with van der Waals surface area (Å²) < 4.78 is 24.0. The summed E-state index contributed by atoms with van der Waals surface area (Å²) in [5.74, 6) is 0.588. The summed E-state index contributed by atoms with van der Waals surface area (Å²) in [6.45, 7) is 0.175. The minimum absolute atomic E-state index is 0.108. The van der Waals surface area contributed by atoms with E-state index in [-0.39, 0.29) is 18.3 Å². The number of para-hydroxylation sites is 2. The van der Waals surface area contributed by atoms with Crippen LogP contribution in [0.25, 0.3) is 33.5 Å². The van der Waals surface area contributed by atoms with E-state index in [4.69, 9.17) is 21.3 Å². The summed E-state index contributed by atoms with van der Waals surface area (Å²) in [5, 5.41) is 0.641. The van der Waals surface area contributed by atoms with E-state index < -0.39 is 0 Å². The Hall–Kier alpha value is -4.16. The quantitative estimate of drug-likeness (QED) is 0.193. The number of aromatic nitrogens is 2. The third-order valence-electron chi connectivity index (χ3n) is 7.95. The van der Waals surface area contributed by atoms with Crippen molar-refractivity contribution < 1.29 is 13.9 Å². The van der Waals surface area contributed by atoms with Gasteiger partial charge in [-0.3, -0.25) is 4.79 Å². The molecule has 0 saturated heterocycles. The fourth-order valence-electron chi connectivity index (χ4n) is 5.84. The molecule has 7 heteroatoms. The van der Waals surface area contributed by atoms with Gasteiger partial charge < -0.3 is 14.2 Å². The molecule has 214 valence electrons. The molecule has 0 unspecified atom stereocenters. The maximum absolute atomic E-state index is 15.7. The molecule has 1 aliphatic rings. The fraction of sp³-hybridized carbons (Fsp3) is 0.257. The highest BCUT2D eigenvalue weighted by molar-refractivity contribution is 6.30. The van der Waals surface area contributed by atoms with Gasteiger partial charge in [-0.25, -0.2) is 9.37 Å². The summed E-state index contributed by atoms with van der Waals surface area (Å²) in [4.78, 5) is 19.2. The van der Waals surface area contributed by atoms with Crippen molar-refractivity contribution in [3.63, 3.8) is 0 Å².